The van der Waals surface area contributed by atoms with Crippen molar-refractivity contribution in [3.05, 3.63) is 62.5 Å². The fourth-order valence-electron chi connectivity index (χ4n) is 4.62. The predicted molar refractivity (Wildman–Crippen MR) is 124 cm³/mol. The van der Waals surface area contributed by atoms with Gasteiger partial charge in [-0.2, -0.15) is 0 Å². The van der Waals surface area contributed by atoms with Gasteiger partial charge >= 0.3 is 0 Å². The smallest absolute Gasteiger partial charge is 0.224 e. The van der Waals surface area contributed by atoms with Crippen molar-refractivity contribution in [2.45, 2.75) is 51.7 Å². The molecule has 32 heavy (non-hydrogen) atoms. The molecule has 0 radical (unpaired) electrons. The average molecular weight is 472 g/mol. The summed E-state index contributed by atoms with van der Waals surface area (Å²) in [5.41, 5.74) is 2.75. The standard InChI is InChI=1S/C23H26ClN5O2S/c1-12-27-28-18-10-25-20(14-6-4-5-7-16(14)24)19-15-8-13(21(31)26-23(2,3)11-30)9-17(15)32-22(19)29(12)18/h4-7,13,20,25,30H,8-11H2,1-3H3,(H,26,31)/t13-,20?/m0/s1. The number of hydrogen-bond acceptors (Lipinski definition) is 6. The summed E-state index contributed by atoms with van der Waals surface area (Å²) in [5.74, 6) is 1.56. The van der Waals surface area contributed by atoms with Crippen molar-refractivity contribution in [1.82, 2.24) is 25.4 Å². The Balaban J connectivity index is 1.58. The van der Waals surface area contributed by atoms with Crippen molar-refractivity contribution in [3.8, 4) is 5.00 Å². The summed E-state index contributed by atoms with van der Waals surface area (Å²) in [4.78, 5) is 14.2. The summed E-state index contributed by atoms with van der Waals surface area (Å²) in [6.45, 7) is 6.09. The topological polar surface area (TPSA) is 92.1 Å². The number of amides is 1. The lowest BCUT2D eigenvalue weighted by Gasteiger charge is -2.25. The van der Waals surface area contributed by atoms with Gasteiger partial charge in [0.05, 0.1) is 24.7 Å². The largest absolute Gasteiger partial charge is 0.394 e. The first kappa shape index (κ1) is 21.6. The third-order valence-corrected chi connectivity index (χ3v) is 7.89. The summed E-state index contributed by atoms with van der Waals surface area (Å²) < 4.78 is 2.13. The Morgan fingerprint density at radius 2 is 2.12 bits per heavy atom. The summed E-state index contributed by atoms with van der Waals surface area (Å²) in [6.07, 6.45) is 1.35. The van der Waals surface area contributed by atoms with Crippen LogP contribution in [0.2, 0.25) is 5.02 Å². The predicted octanol–water partition coefficient (Wildman–Crippen LogP) is 3.09. The van der Waals surface area contributed by atoms with Gasteiger partial charge < -0.3 is 10.4 Å². The lowest BCUT2D eigenvalue weighted by Crippen LogP contribution is -2.48. The summed E-state index contributed by atoms with van der Waals surface area (Å²) in [6, 6.07) is 7.79. The van der Waals surface area contributed by atoms with E-state index < -0.39 is 5.54 Å². The fourth-order valence-corrected chi connectivity index (χ4v) is 6.38. The molecule has 1 unspecified atom stereocenters. The van der Waals surface area contributed by atoms with Crippen LogP contribution in [0.5, 0.6) is 0 Å². The maximum atomic E-state index is 13.0. The molecule has 0 bridgehead atoms. The molecule has 1 aliphatic heterocycles. The van der Waals surface area contributed by atoms with Gasteiger partial charge in [-0.1, -0.05) is 29.8 Å². The van der Waals surface area contributed by atoms with Crippen LogP contribution in [0, 0.1) is 12.8 Å². The highest BCUT2D eigenvalue weighted by atomic mass is 35.5. The zero-order valence-corrected chi connectivity index (χ0v) is 19.8. The van der Waals surface area contributed by atoms with Crippen LogP contribution in [0.4, 0.5) is 0 Å². The van der Waals surface area contributed by atoms with E-state index in [0.717, 1.165) is 27.8 Å². The molecule has 0 saturated carbocycles. The number of nitrogens with zero attached hydrogens (tertiary/aromatic N) is 3. The van der Waals surface area contributed by atoms with Crippen LogP contribution in [0.15, 0.2) is 24.3 Å². The molecular formula is C23H26ClN5O2S. The van der Waals surface area contributed by atoms with E-state index in [1.54, 1.807) is 11.3 Å². The van der Waals surface area contributed by atoms with Crippen LogP contribution in [-0.2, 0) is 24.2 Å². The number of benzene rings is 1. The van der Waals surface area contributed by atoms with Crippen LogP contribution in [0.3, 0.4) is 0 Å². The van der Waals surface area contributed by atoms with E-state index in [0.29, 0.717) is 24.4 Å². The quantitative estimate of drug-likeness (QED) is 0.544. The highest BCUT2D eigenvalue weighted by Crippen LogP contribution is 2.46. The molecule has 2 atom stereocenters. The van der Waals surface area contributed by atoms with Gasteiger partial charge in [-0.3, -0.25) is 14.7 Å². The lowest BCUT2D eigenvalue weighted by atomic mass is 9.94. The first-order valence-electron chi connectivity index (χ1n) is 10.8. The summed E-state index contributed by atoms with van der Waals surface area (Å²) in [7, 11) is 0. The monoisotopic (exact) mass is 471 g/mol. The van der Waals surface area contributed by atoms with Gasteiger partial charge in [0.25, 0.3) is 0 Å². The Morgan fingerprint density at radius 3 is 2.88 bits per heavy atom. The van der Waals surface area contributed by atoms with E-state index in [9.17, 15) is 9.90 Å². The fraction of sp³-hybridized carbons (Fsp3) is 0.435. The van der Waals surface area contributed by atoms with E-state index in [1.165, 1.54) is 10.4 Å². The van der Waals surface area contributed by atoms with Gasteiger partial charge in [-0.05, 0) is 50.8 Å². The van der Waals surface area contributed by atoms with Gasteiger partial charge in [0.15, 0.2) is 5.82 Å². The van der Waals surface area contributed by atoms with Crippen LogP contribution < -0.4 is 10.6 Å². The number of aromatic nitrogens is 3. The Morgan fingerprint density at radius 1 is 1.34 bits per heavy atom. The number of rotatable bonds is 4. The molecule has 0 fully saturated rings. The number of aryl methyl sites for hydroxylation is 1. The molecule has 3 N–H and O–H groups in total. The highest BCUT2D eigenvalue weighted by Gasteiger charge is 2.39. The molecular weight excluding hydrogens is 446 g/mol. The highest BCUT2D eigenvalue weighted by molar-refractivity contribution is 7.15. The number of aliphatic hydroxyl groups is 1. The van der Waals surface area contributed by atoms with Crippen LogP contribution in [-0.4, -0.2) is 37.9 Å². The Hall–Kier alpha value is -2.26. The molecule has 0 spiro atoms. The molecule has 7 nitrogen and oxygen atoms in total. The molecule has 1 aliphatic carbocycles. The van der Waals surface area contributed by atoms with Crippen molar-refractivity contribution in [1.29, 1.82) is 0 Å². The molecule has 3 heterocycles. The lowest BCUT2D eigenvalue weighted by molar-refractivity contribution is -0.126. The number of nitrogens with one attached hydrogen (secondary N) is 2. The molecule has 1 amide bonds. The number of fused-ring (bicyclic) bond motifs is 5. The van der Waals surface area contributed by atoms with Crippen molar-refractivity contribution < 1.29 is 9.90 Å². The van der Waals surface area contributed by atoms with E-state index in [1.807, 2.05) is 39.0 Å². The molecule has 168 valence electrons. The van der Waals surface area contributed by atoms with Crippen LogP contribution >= 0.6 is 22.9 Å². The SMILES string of the molecule is Cc1nnc2n1-c1sc3c(c1C(c1ccccc1Cl)NC2)C[C@H](C(=O)NC(C)(C)CO)C3. The normalized spacial score (nSPS) is 19.8. The van der Waals surface area contributed by atoms with Gasteiger partial charge in [0.1, 0.15) is 10.8 Å². The van der Waals surface area contributed by atoms with Crippen LogP contribution in [0.1, 0.15) is 53.1 Å². The van der Waals surface area contributed by atoms with Crippen molar-refractivity contribution >= 4 is 28.8 Å². The first-order chi connectivity index (χ1) is 15.3. The molecule has 3 aromatic rings. The van der Waals surface area contributed by atoms with Gasteiger partial charge in [0.2, 0.25) is 5.91 Å². The number of aliphatic hydroxyl groups excluding tert-OH is 1. The zero-order chi connectivity index (χ0) is 22.6. The number of halogens is 1. The van der Waals surface area contributed by atoms with Crippen molar-refractivity contribution in [3.63, 3.8) is 0 Å². The van der Waals surface area contributed by atoms with E-state index in [4.69, 9.17) is 11.6 Å². The second kappa shape index (κ2) is 7.95. The molecule has 0 saturated heterocycles. The minimum atomic E-state index is -0.639. The molecule has 2 aromatic heterocycles. The van der Waals surface area contributed by atoms with Gasteiger partial charge in [0, 0.05) is 21.4 Å². The van der Waals surface area contributed by atoms with Crippen LogP contribution in [0.25, 0.3) is 5.00 Å². The average Bonchev–Trinajstić information content (AvgIpc) is 3.39. The number of hydrogen-bond donors (Lipinski definition) is 3. The Labute approximate surface area is 195 Å². The van der Waals surface area contributed by atoms with Gasteiger partial charge in [-0.25, -0.2) is 0 Å². The maximum Gasteiger partial charge on any atom is 0.224 e. The third-order valence-electron chi connectivity index (χ3n) is 6.29. The minimum Gasteiger partial charge on any atom is -0.394 e. The first-order valence-corrected chi connectivity index (χ1v) is 11.9. The summed E-state index contributed by atoms with van der Waals surface area (Å²) in [5, 5.41) is 26.7. The third kappa shape index (κ3) is 3.55. The molecule has 5 rings (SSSR count). The number of thiophene rings is 1. The van der Waals surface area contributed by atoms with E-state index in [2.05, 4.69) is 31.5 Å². The zero-order valence-electron chi connectivity index (χ0n) is 18.3. The van der Waals surface area contributed by atoms with Gasteiger partial charge in [-0.15, -0.1) is 21.5 Å². The second-order valence-electron chi connectivity index (χ2n) is 9.19. The van der Waals surface area contributed by atoms with E-state index in [-0.39, 0.29) is 24.5 Å². The van der Waals surface area contributed by atoms with E-state index >= 15 is 0 Å². The Kier molecular flexibility index (Phi) is 5.36. The summed E-state index contributed by atoms with van der Waals surface area (Å²) >= 11 is 8.34. The van der Waals surface area contributed by atoms with Crippen molar-refractivity contribution in [2.24, 2.45) is 5.92 Å². The molecule has 1 aromatic carbocycles. The number of carbonyl (C=O) groups excluding carboxylic acids is 1. The minimum absolute atomic E-state index is 0.0155. The molecule has 2 aliphatic rings. The number of carbonyl (C=O) groups is 1. The Bertz CT molecular complexity index is 1200. The molecule has 9 heteroatoms. The maximum absolute atomic E-state index is 13.0. The second-order valence-corrected chi connectivity index (χ2v) is 10.7. The van der Waals surface area contributed by atoms with Crippen molar-refractivity contribution in [2.75, 3.05) is 6.61 Å².